The molecule has 1 aliphatic rings. The van der Waals surface area contributed by atoms with Gasteiger partial charge in [-0.3, -0.25) is 0 Å². The first-order valence-corrected chi connectivity index (χ1v) is 5.85. The van der Waals surface area contributed by atoms with Crippen LogP contribution < -0.4 is 20.5 Å². The van der Waals surface area contributed by atoms with Gasteiger partial charge in [-0.05, 0) is 12.8 Å². The molecule has 5 nitrogen and oxygen atoms in total. The summed E-state index contributed by atoms with van der Waals surface area (Å²) < 4.78 is 10.9. The fourth-order valence-corrected chi connectivity index (χ4v) is 1.72. The molecule has 0 aliphatic carbocycles. The highest BCUT2D eigenvalue weighted by Gasteiger charge is 2.14. The molecule has 0 unspecified atom stereocenters. The van der Waals surface area contributed by atoms with Gasteiger partial charge in [-0.2, -0.15) is 0 Å². The molecule has 0 saturated heterocycles. The number of aliphatic hydroxyl groups excluding tert-OH is 1. The fourth-order valence-electron chi connectivity index (χ4n) is 1.72. The SMILES string of the molecule is Nc1cc2c(cc1NCCCCO)OCCO2. The molecule has 0 bridgehead atoms. The first-order valence-electron chi connectivity index (χ1n) is 5.85. The van der Waals surface area contributed by atoms with Gasteiger partial charge in [-0.1, -0.05) is 0 Å². The maximum absolute atomic E-state index is 8.69. The highest BCUT2D eigenvalue weighted by molar-refractivity contribution is 5.72. The lowest BCUT2D eigenvalue weighted by Gasteiger charge is -2.20. The van der Waals surface area contributed by atoms with Gasteiger partial charge in [0.25, 0.3) is 0 Å². The van der Waals surface area contributed by atoms with Crippen LogP contribution in [0.25, 0.3) is 0 Å². The first-order chi connectivity index (χ1) is 8.31. The summed E-state index contributed by atoms with van der Waals surface area (Å²) >= 11 is 0. The Kier molecular flexibility index (Phi) is 3.93. The van der Waals surface area contributed by atoms with Crippen LogP contribution in [0.3, 0.4) is 0 Å². The van der Waals surface area contributed by atoms with Crippen LogP contribution in [0, 0.1) is 0 Å². The number of hydrogen-bond acceptors (Lipinski definition) is 5. The van der Waals surface area contributed by atoms with Crippen LogP contribution in [-0.4, -0.2) is 31.5 Å². The lowest BCUT2D eigenvalue weighted by Crippen LogP contribution is -2.16. The van der Waals surface area contributed by atoms with Crippen molar-refractivity contribution in [1.82, 2.24) is 0 Å². The summed E-state index contributed by atoms with van der Waals surface area (Å²) in [6.45, 7) is 2.14. The zero-order valence-electron chi connectivity index (χ0n) is 9.74. The zero-order valence-corrected chi connectivity index (χ0v) is 9.74. The second-order valence-electron chi connectivity index (χ2n) is 3.94. The Hall–Kier alpha value is -1.62. The number of ether oxygens (including phenoxy) is 2. The molecule has 0 aromatic heterocycles. The second-order valence-corrected chi connectivity index (χ2v) is 3.94. The number of nitrogens with two attached hydrogens (primary N) is 1. The number of rotatable bonds is 5. The predicted molar refractivity (Wildman–Crippen MR) is 66.7 cm³/mol. The smallest absolute Gasteiger partial charge is 0.163 e. The summed E-state index contributed by atoms with van der Waals surface area (Å²) in [5, 5.41) is 11.9. The van der Waals surface area contributed by atoms with E-state index in [2.05, 4.69) is 5.32 Å². The average molecular weight is 238 g/mol. The van der Waals surface area contributed by atoms with Crippen molar-refractivity contribution in [3.05, 3.63) is 12.1 Å². The Morgan fingerprint density at radius 1 is 1.18 bits per heavy atom. The van der Waals surface area contributed by atoms with Gasteiger partial charge in [0.15, 0.2) is 11.5 Å². The Balaban J connectivity index is 2.01. The summed E-state index contributed by atoms with van der Waals surface area (Å²) in [7, 11) is 0. The maximum atomic E-state index is 8.69. The van der Waals surface area contributed by atoms with E-state index in [0.29, 0.717) is 24.7 Å². The molecule has 17 heavy (non-hydrogen) atoms. The van der Waals surface area contributed by atoms with Crippen LogP contribution in [0.4, 0.5) is 11.4 Å². The third-order valence-electron chi connectivity index (χ3n) is 2.61. The minimum Gasteiger partial charge on any atom is -0.486 e. The number of nitrogen functional groups attached to an aromatic ring is 1. The summed E-state index contributed by atoms with van der Waals surface area (Å²) in [4.78, 5) is 0. The number of anilines is 2. The van der Waals surface area contributed by atoms with Crippen LogP contribution >= 0.6 is 0 Å². The van der Waals surface area contributed by atoms with Crippen molar-refractivity contribution in [1.29, 1.82) is 0 Å². The molecule has 0 fully saturated rings. The zero-order chi connectivity index (χ0) is 12.1. The molecule has 1 aromatic rings. The predicted octanol–water partition coefficient (Wildman–Crippen LogP) is 1.22. The first kappa shape index (κ1) is 11.9. The number of unbranched alkanes of at least 4 members (excludes halogenated alkanes) is 1. The largest absolute Gasteiger partial charge is 0.486 e. The van der Waals surface area contributed by atoms with Crippen molar-refractivity contribution in [3.8, 4) is 11.5 Å². The maximum Gasteiger partial charge on any atom is 0.163 e. The Morgan fingerprint density at radius 3 is 2.59 bits per heavy atom. The van der Waals surface area contributed by atoms with Gasteiger partial charge in [0.05, 0.1) is 11.4 Å². The van der Waals surface area contributed by atoms with E-state index < -0.39 is 0 Å². The molecule has 1 aromatic carbocycles. The highest BCUT2D eigenvalue weighted by Crippen LogP contribution is 2.36. The number of benzene rings is 1. The van der Waals surface area contributed by atoms with Crippen molar-refractivity contribution < 1.29 is 14.6 Å². The fraction of sp³-hybridized carbons (Fsp3) is 0.500. The minimum atomic E-state index is 0.221. The van der Waals surface area contributed by atoms with Crippen LogP contribution in [-0.2, 0) is 0 Å². The molecule has 1 aliphatic heterocycles. The number of hydrogen-bond donors (Lipinski definition) is 3. The van der Waals surface area contributed by atoms with E-state index >= 15 is 0 Å². The van der Waals surface area contributed by atoms with E-state index in [1.54, 1.807) is 6.07 Å². The Bertz CT molecular complexity index is 382. The summed E-state index contributed by atoms with van der Waals surface area (Å²) in [6, 6.07) is 3.64. The number of fused-ring (bicyclic) bond motifs is 1. The van der Waals surface area contributed by atoms with Crippen LogP contribution in [0.15, 0.2) is 12.1 Å². The molecule has 0 saturated carbocycles. The van der Waals surface area contributed by atoms with Crippen molar-refractivity contribution in [2.45, 2.75) is 12.8 Å². The molecule has 0 atom stereocenters. The van der Waals surface area contributed by atoms with Crippen molar-refractivity contribution in [2.24, 2.45) is 0 Å². The lowest BCUT2D eigenvalue weighted by molar-refractivity contribution is 0.172. The average Bonchev–Trinajstić information content (AvgIpc) is 2.35. The number of aliphatic hydroxyl groups is 1. The van der Waals surface area contributed by atoms with E-state index in [1.807, 2.05) is 6.07 Å². The van der Waals surface area contributed by atoms with E-state index in [-0.39, 0.29) is 6.61 Å². The lowest BCUT2D eigenvalue weighted by atomic mass is 10.2. The van der Waals surface area contributed by atoms with Gasteiger partial charge in [-0.25, -0.2) is 0 Å². The van der Waals surface area contributed by atoms with E-state index in [0.717, 1.165) is 30.8 Å². The molecular formula is C12H18N2O3. The summed E-state index contributed by atoms with van der Waals surface area (Å²) in [5.74, 6) is 1.43. The molecule has 0 amide bonds. The third kappa shape index (κ3) is 2.94. The van der Waals surface area contributed by atoms with Crippen molar-refractivity contribution in [3.63, 3.8) is 0 Å². The van der Waals surface area contributed by atoms with Crippen molar-refractivity contribution in [2.75, 3.05) is 37.4 Å². The third-order valence-corrected chi connectivity index (χ3v) is 2.61. The van der Waals surface area contributed by atoms with Gasteiger partial charge < -0.3 is 25.6 Å². The molecule has 5 heteroatoms. The van der Waals surface area contributed by atoms with Gasteiger partial charge in [-0.15, -0.1) is 0 Å². The number of nitrogens with one attached hydrogen (secondary N) is 1. The van der Waals surface area contributed by atoms with Gasteiger partial charge in [0, 0.05) is 25.3 Å². The summed E-state index contributed by atoms with van der Waals surface area (Å²) in [6.07, 6.45) is 1.70. The molecule has 1 heterocycles. The minimum absolute atomic E-state index is 0.221. The molecule has 4 N–H and O–H groups in total. The van der Waals surface area contributed by atoms with Gasteiger partial charge in [0.1, 0.15) is 13.2 Å². The normalized spacial score (nSPS) is 13.5. The quantitative estimate of drug-likeness (QED) is 0.531. The van der Waals surface area contributed by atoms with Crippen molar-refractivity contribution >= 4 is 11.4 Å². The Morgan fingerprint density at radius 2 is 1.88 bits per heavy atom. The molecule has 0 spiro atoms. The second kappa shape index (κ2) is 5.63. The van der Waals surface area contributed by atoms with E-state index in [1.165, 1.54) is 0 Å². The Labute approximate surface area is 101 Å². The standard InChI is InChI=1S/C12H18N2O3/c13-9-7-11-12(17-6-5-16-11)8-10(9)14-3-1-2-4-15/h7-8,14-15H,1-6,13H2. The monoisotopic (exact) mass is 238 g/mol. The molecular weight excluding hydrogens is 220 g/mol. The van der Waals surface area contributed by atoms with Crippen LogP contribution in [0.2, 0.25) is 0 Å². The van der Waals surface area contributed by atoms with Crippen LogP contribution in [0.5, 0.6) is 11.5 Å². The molecule has 2 rings (SSSR count). The van der Waals surface area contributed by atoms with Gasteiger partial charge in [0.2, 0.25) is 0 Å². The van der Waals surface area contributed by atoms with E-state index in [4.69, 9.17) is 20.3 Å². The summed E-state index contributed by atoms with van der Waals surface area (Å²) in [5.41, 5.74) is 7.42. The van der Waals surface area contributed by atoms with E-state index in [9.17, 15) is 0 Å². The molecule has 0 radical (unpaired) electrons. The molecule has 94 valence electrons. The van der Waals surface area contributed by atoms with Crippen LogP contribution in [0.1, 0.15) is 12.8 Å². The highest BCUT2D eigenvalue weighted by atomic mass is 16.6. The topological polar surface area (TPSA) is 76.7 Å². The van der Waals surface area contributed by atoms with Gasteiger partial charge >= 0.3 is 0 Å².